The van der Waals surface area contributed by atoms with Crippen molar-refractivity contribution in [1.29, 1.82) is 0 Å². The fraction of sp³-hybridized carbons (Fsp3) is 0.170. The molecule has 59 heavy (non-hydrogen) atoms. The van der Waals surface area contributed by atoms with Crippen LogP contribution in [0.25, 0.3) is 44.1 Å². The Balaban J connectivity index is 1.31. The van der Waals surface area contributed by atoms with Crippen LogP contribution < -0.4 is 18.9 Å². The number of para-hydroxylation sites is 2. The maximum atomic E-state index is 5.72. The summed E-state index contributed by atoms with van der Waals surface area (Å²) in [7, 11) is 6.84. The second-order valence-electron chi connectivity index (χ2n) is 14.5. The van der Waals surface area contributed by atoms with Gasteiger partial charge in [-0.15, -0.1) is 0 Å². The predicted molar refractivity (Wildman–Crippen MR) is 244 cm³/mol. The smallest absolute Gasteiger partial charge is 0.119 e. The van der Waals surface area contributed by atoms with Gasteiger partial charge >= 0.3 is 0 Å². The number of hydrogen-bond donors (Lipinski definition) is 0. The zero-order chi connectivity index (χ0) is 40.9. The van der Waals surface area contributed by atoms with E-state index in [1.54, 1.807) is 28.4 Å². The molecule has 0 N–H and O–H groups in total. The first-order valence-electron chi connectivity index (χ1n) is 20.2. The van der Waals surface area contributed by atoms with Gasteiger partial charge in [-0.05, 0) is 118 Å². The van der Waals surface area contributed by atoms with E-state index in [2.05, 4.69) is 139 Å². The lowest BCUT2D eigenvalue weighted by Gasteiger charge is -2.17. The van der Waals surface area contributed by atoms with Gasteiger partial charge in [-0.25, -0.2) is 0 Å². The van der Waals surface area contributed by atoms with Crippen molar-refractivity contribution in [2.24, 2.45) is 0 Å². The van der Waals surface area contributed by atoms with Crippen molar-refractivity contribution < 1.29 is 18.9 Å². The SMILES string of the molecule is CCC(=C(c1ccc(OC)cc1)c1ccc(OC)cc1)c1cn(Cn2cc(C(CC)=C(c3ccc(OC)cc3)c3cccc(OC)c3)c3ccccc32)c2ccccc12. The normalized spacial score (nSPS) is 11.7. The van der Waals surface area contributed by atoms with Gasteiger partial charge in [0.25, 0.3) is 0 Å². The molecule has 0 aliphatic carbocycles. The molecule has 0 saturated heterocycles. The van der Waals surface area contributed by atoms with Gasteiger partial charge in [-0.2, -0.15) is 0 Å². The fourth-order valence-electron chi connectivity index (χ4n) is 8.46. The fourth-order valence-corrected chi connectivity index (χ4v) is 8.46. The van der Waals surface area contributed by atoms with Gasteiger partial charge in [0, 0.05) is 34.3 Å². The Bertz CT molecular complexity index is 2740. The van der Waals surface area contributed by atoms with Crippen LogP contribution in [0.1, 0.15) is 60.1 Å². The van der Waals surface area contributed by atoms with Crippen LogP contribution in [0.15, 0.2) is 158 Å². The molecule has 6 heteroatoms. The summed E-state index contributed by atoms with van der Waals surface area (Å²) in [5.41, 5.74) is 14.2. The maximum absolute atomic E-state index is 5.72. The van der Waals surface area contributed by atoms with Crippen LogP contribution in [-0.2, 0) is 6.67 Å². The molecule has 0 saturated carbocycles. The third-order valence-corrected chi connectivity index (χ3v) is 11.3. The van der Waals surface area contributed by atoms with Crippen molar-refractivity contribution in [3.63, 3.8) is 0 Å². The molecular formula is C53H50N2O4. The summed E-state index contributed by atoms with van der Waals surface area (Å²) in [4.78, 5) is 0. The van der Waals surface area contributed by atoms with E-state index in [0.717, 1.165) is 58.1 Å². The molecule has 0 spiro atoms. The summed E-state index contributed by atoms with van der Waals surface area (Å²) >= 11 is 0. The van der Waals surface area contributed by atoms with Gasteiger partial charge in [-0.3, -0.25) is 0 Å². The number of fused-ring (bicyclic) bond motifs is 2. The average molecular weight is 779 g/mol. The molecular weight excluding hydrogens is 729 g/mol. The highest BCUT2D eigenvalue weighted by Crippen LogP contribution is 2.41. The number of allylic oxidation sites excluding steroid dienone is 2. The van der Waals surface area contributed by atoms with Gasteiger partial charge < -0.3 is 28.1 Å². The van der Waals surface area contributed by atoms with Gasteiger partial charge in [0.2, 0.25) is 0 Å². The lowest BCUT2D eigenvalue weighted by atomic mass is 9.88. The van der Waals surface area contributed by atoms with E-state index < -0.39 is 0 Å². The highest BCUT2D eigenvalue weighted by atomic mass is 16.5. The van der Waals surface area contributed by atoms with Crippen molar-refractivity contribution in [2.75, 3.05) is 28.4 Å². The average Bonchev–Trinajstić information content (AvgIpc) is 3.85. The van der Waals surface area contributed by atoms with Gasteiger partial charge in [0.1, 0.15) is 23.0 Å². The third kappa shape index (κ3) is 7.62. The summed E-state index contributed by atoms with van der Waals surface area (Å²) in [6, 6.07) is 51.1. The minimum absolute atomic E-state index is 0.631. The Morgan fingerprint density at radius 2 is 0.797 bits per heavy atom. The van der Waals surface area contributed by atoms with Gasteiger partial charge in [0.15, 0.2) is 0 Å². The minimum atomic E-state index is 0.631. The van der Waals surface area contributed by atoms with Gasteiger partial charge in [-0.1, -0.05) is 98.8 Å². The molecule has 8 aromatic rings. The molecule has 0 unspecified atom stereocenters. The number of methoxy groups -OCH3 is 4. The number of rotatable bonds is 14. The number of benzene rings is 6. The highest BCUT2D eigenvalue weighted by molar-refractivity contribution is 6.06. The summed E-state index contributed by atoms with van der Waals surface area (Å²) < 4.78 is 27.2. The third-order valence-electron chi connectivity index (χ3n) is 11.3. The number of nitrogens with zero attached hydrogens (tertiary/aromatic N) is 2. The monoisotopic (exact) mass is 778 g/mol. The summed E-state index contributed by atoms with van der Waals surface area (Å²) in [6.45, 7) is 5.13. The highest BCUT2D eigenvalue weighted by Gasteiger charge is 2.21. The molecule has 0 bridgehead atoms. The second-order valence-corrected chi connectivity index (χ2v) is 14.5. The van der Waals surface area contributed by atoms with Crippen LogP contribution in [0.2, 0.25) is 0 Å². The van der Waals surface area contributed by atoms with Crippen molar-refractivity contribution in [3.05, 3.63) is 191 Å². The summed E-state index contributed by atoms with van der Waals surface area (Å²) in [5, 5.41) is 2.43. The zero-order valence-electron chi connectivity index (χ0n) is 34.7. The zero-order valence-corrected chi connectivity index (χ0v) is 34.7. The topological polar surface area (TPSA) is 46.8 Å². The van der Waals surface area contributed by atoms with E-state index in [4.69, 9.17) is 18.9 Å². The van der Waals surface area contributed by atoms with Crippen LogP contribution in [-0.4, -0.2) is 37.6 Å². The summed E-state index contributed by atoms with van der Waals surface area (Å²) in [6.07, 6.45) is 6.35. The van der Waals surface area contributed by atoms with Crippen molar-refractivity contribution >= 4 is 44.1 Å². The van der Waals surface area contributed by atoms with E-state index in [1.165, 1.54) is 55.2 Å². The Hall–Kier alpha value is -6.92. The van der Waals surface area contributed by atoms with E-state index >= 15 is 0 Å². The molecule has 296 valence electrons. The van der Waals surface area contributed by atoms with Crippen molar-refractivity contribution in [1.82, 2.24) is 9.13 Å². The molecule has 2 aromatic heterocycles. The van der Waals surface area contributed by atoms with Gasteiger partial charge in [0.05, 0.1) is 46.1 Å². The lowest BCUT2D eigenvalue weighted by molar-refractivity contribution is 0.414. The quantitative estimate of drug-likeness (QED) is 0.110. The van der Waals surface area contributed by atoms with Crippen LogP contribution in [0.4, 0.5) is 0 Å². The predicted octanol–water partition coefficient (Wildman–Crippen LogP) is 12.9. The second kappa shape index (κ2) is 17.3. The van der Waals surface area contributed by atoms with E-state index in [9.17, 15) is 0 Å². The number of hydrogen-bond acceptors (Lipinski definition) is 4. The first-order valence-corrected chi connectivity index (χ1v) is 20.2. The summed E-state index contributed by atoms with van der Waals surface area (Å²) in [5.74, 6) is 3.31. The molecule has 0 radical (unpaired) electrons. The van der Waals surface area contributed by atoms with Crippen LogP contribution >= 0.6 is 0 Å². The molecule has 0 aliphatic rings. The first kappa shape index (κ1) is 38.9. The standard InChI is InChI=1S/C53H50N2O4/c1-7-44(52(36-20-26-40(56-3)27-21-36)37-22-28-41(57-4)29-23-37)48-33-54(50-18-11-9-16-46(48)50)35-55-34-49(47-17-10-12-19-51(47)55)45(8-2)53(38-24-30-42(58-5)31-25-38)39-14-13-15-43(32-39)59-6/h9-34H,7-8,35H2,1-6H3. The Morgan fingerprint density at radius 3 is 1.19 bits per heavy atom. The van der Waals surface area contributed by atoms with E-state index in [0.29, 0.717) is 6.67 Å². The molecule has 0 aliphatic heterocycles. The maximum Gasteiger partial charge on any atom is 0.119 e. The lowest BCUT2D eigenvalue weighted by Crippen LogP contribution is -2.05. The largest absolute Gasteiger partial charge is 0.497 e. The van der Waals surface area contributed by atoms with Crippen molar-refractivity contribution in [2.45, 2.75) is 33.4 Å². The first-order chi connectivity index (χ1) is 29.0. The van der Waals surface area contributed by atoms with Crippen LogP contribution in [0.5, 0.6) is 23.0 Å². The minimum Gasteiger partial charge on any atom is -0.497 e. The molecule has 6 aromatic carbocycles. The van der Waals surface area contributed by atoms with E-state index in [-0.39, 0.29) is 0 Å². The van der Waals surface area contributed by atoms with Crippen molar-refractivity contribution in [3.8, 4) is 23.0 Å². The number of ether oxygens (including phenoxy) is 4. The van der Waals surface area contributed by atoms with Crippen LogP contribution in [0, 0.1) is 0 Å². The molecule has 6 nitrogen and oxygen atoms in total. The Morgan fingerprint density at radius 1 is 0.407 bits per heavy atom. The molecule has 2 heterocycles. The molecule has 0 amide bonds. The molecule has 8 rings (SSSR count). The molecule has 0 atom stereocenters. The molecule has 0 fully saturated rings. The number of aromatic nitrogens is 2. The Kier molecular flexibility index (Phi) is 11.4. The Labute approximate surface area is 347 Å². The van der Waals surface area contributed by atoms with Crippen LogP contribution in [0.3, 0.4) is 0 Å². The van der Waals surface area contributed by atoms with E-state index in [1.807, 2.05) is 42.5 Å².